The minimum atomic E-state index is -0.448. The van der Waals surface area contributed by atoms with Gasteiger partial charge in [0.2, 0.25) is 11.0 Å². The zero-order valence-electron chi connectivity index (χ0n) is 11.4. The summed E-state index contributed by atoms with van der Waals surface area (Å²) in [5.74, 6) is 0.629. The fraction of sp³-hybridized carbons (Fsp3) is 0.200. The lowest BCUT2D eigenvalue weighted by Gasteiger charge is -2.29. The van der Waals surface area contributed by atoms with E-state index in [0.717, 1.165) is 11.3 Å². The van der Waals surface area contributed by atoms with E-state index in [0.29, 0.717) is 12.4 Å². The molecular formula is C15H13N3O2S. The van der Waals surface area contributed by atoms with Crippen molar-refractivity contribution in [3.8, 4) is 5.75 Å². The number of rotatable bonds is 3. The van der Waals surface area contributed by atoms with Crippen molar-refractivity contribution < 1.29 is 9.53 Å². The molecule has 5 nitrogen and oxygen atoms in total. The van der Waals surface area contributed by atoms with Gasteiger partial charge in [0.1, 0.15) is 17.5 Å². The molecule has 21 heavy (non-hydrogen) atoms. The molecule has 0 bridgehead atoms. The number of aliphatic imine (C=N–C) groups is 2. The maximum Gasteiger partial charge on any atom is 0.243 e. The molecule has 1 amide bonds. The topological polar surface area (TPSA) is 54.3 Å². The predicted molar refractivity (Wildman–Crippen MR) is 84.7 cm³/mol. The normalized spacial score (nSPS) is 20.3. The van der Waals surface area contributed by atoms with Gasteiger partial charge in [-0.15, -0.1) is 0 Å². The summed E-state index contributed by atoms with van der Waals surface area (Å²) in [5, 5.41) is 0.240. The average Bonchev–Trinajstić information content (AvgIpc) is 2.52. The van der Waals surface area contributed by atoms with Gasteiger partial charge in [0.15, 0.2) is 0 Å². The van der Waals surface area contributed by atoms with E-state index in [1.165, 1.54) is 4.90 Å². The number of carbonyl (C=O) groups excluding carboxylic acids is 1. The summed E-state index contributed by atoms with van der Waals surface area (Å²) in [6.45, 7) is 0.340. The second kappa shape index (κ2) is 5.57. The van der Waals surface area contributed by atoms with Crippen LogP contribution in [0.25, 0.3) is 0 Å². The number of benzene rings is 1. The summed E-state index contributed by atoms with van der Waals surface area (Å²) >= 11 is 5.23. The minimum absolute atomic E-state index is 0.107. The number of hydrogen-bond acceptors (Lipinski definition) is 4. The van der Waals surface area contributed by atoms with E-state index < -0.39 is 5.92 Å². The highest BCUT2D eigenvalue weighted by molar-refractivity contribution is 7.80. The van der Waals surface area contributed by atoms with Gasteiger partial charge in [-0.25, -0.2) is 9.98 Å². The molecule has 3 rings (SSSR count). The highest BCUT2D eigenvalue weighted by Crippen LogP contribution is 2.24. The van der Waals surface area contributed by atoms with Gasteiger partial charge in [0.25, 0.3) is 0 Å². The van der Waals surface area contributed by atoms with E-state index in [9.17, 15) is 4.79 Å². The predicted octanol–water partition coefficient (Wildman–Crippen LogP) is 1.98. The van der Waals surface area contributed by atoms with Gasteiger partial charge in [0, 0.05) is 11.8 Å². The summed E-state index contributed by atoms with van der Waals surface area (Å²) in [4.78, 5) is 22.4. The number of para-hydroxylation sites is 1. The first-order chi connectivity index (χ1) is 10.2. The van der Waals surface area contributed by atoms with Crippen molar-refractivity contribution >= 4 is 35.3 Å². The summed E-state index contributed by atoms with van der Waals surface area (Å²) in [7, 11) is 1.60. The molecule has 2 aliphatic rings. The van der Waals surface area contributed by atoms with Crippen molar-refractivity contribution in [1.82, 2.24) is 4.90 Å². The van der Waals surface area contributed by atoms with Crippen LogP contribution >= 0.6 is 12.2 Å². The third-order valence-electron chi connectivity index (χ3n) is 3.37. The Morgan fingerprint density at radius 3 is 3.00 bits per heavy atom. The van der Waals surface area contributed by atoms with E-state index in [-0.39, 0.29) is 11.0 Å². The van der Waals surface area contributed by atoms with Crippen molar-refractivity contribution in [3.05, 3.63) is 42.0 Å². The lowest BCUT2D eigenvalue weighted by Crippen LogP contribution is -2.45. The molecule has 0 N–H and O–H groups in total. The first kappa shape index (κ1) is 13.6. The number of fused-ring (bicyclic) bond motifs is 1. The Kier molecular flexibility index (Phi) is 3.62. The standard InChI is InChI=1S/C15H13N3O2S/c1-20-12-7-3-2-5-10(12)9-18-14(19)11-6-4-8-16-13(11)17-15(18)21/h2-8,11H,9H2,1H3. The Labute approximate surface area is 127 Å². The molecule has 0 radical (unpaired) electrons. The first-order valence-corrected chi connectivity index (χ1v) is 6.88. The van der Waals surface area contributed by atoms with Gasteiger partial charge in [0.05, 0.1) is 13.7 Å². The van der Waals surface area contributed by atoms with Crippen LogP contribution in [0, 0.1) is 5.92 Å². The lowest BCUT2D eigenvalue weighted by molar-refractivity contribution is -0.129. The number of hydrogen-bond donors (Lipinski definition) is 0. The Hall–Kier alpha value is -2.34. The molecule has 1 aromatic carbocycles. The van der Waals surface area contributed by atoms with E-state index in [1.54, 1.807) is 25.5 Å². The van der Waals surface area contributed by atoms with Gasteiger partial charge in [-0.05, 0) is 24.4 Å². The molecule has 0 saturated carbocycles. The van der Waals surface area contributed by atoms with Gasteiger partial charge >= 0.3 is 0 Å². The zero-order valence-corrected chi connectivity index (χ0v) is 12.2. The first-order valence-electron chi connectivity index (χ1n) is 6.47. The van der Waals surface area contributed by atoms with E-state index in [1.807, 2.05) is 24.3 Å². The molecule has 1 atom stereocenters. The molecule has 1 aromatic rings. The highest BCUT2D eigenvalue weighted by Gasteiger charge is 2.34. The largest absolute Gasteiger partial charge is 0.496 e. The Bertz CT molecular complexity index is 694. The Morgan fingerprint density at radius 1 is 1.38 bits per heavy atom. The lowest BCUT2D eigenvalue weighted by atomic mass is 10.0. The number of nitrogens with zero attached hydrogens (tertiary/aromatic N) is 3. The van der Waals surface area contributed by atoms with Crippen LogP contribution in [0.1, 0.15) is 5.56 Å². The number of thiocarbonyl (C=S) groups is 1. The number of methoxy groups -OCH3 is 1. The van der Waals surface area contributed by atoms with Crippen LogP contribution in [0.5, 0.6) is 5.75 Å². The average molecular weight is 299 g/mol. The number of amidine groups is 1. The number of dihydropyridines is 1. The van der Waals surface area contributed by atoms with E-state index in [4.69, 9.17) is 17.0 Å². The molecule has 0 aliphatic carbocycles. The Morgan fingerprint density at radius 2 is 2.19 bits per heavy atom. The maximum atomic E-state index is 12.6. The number of amides is 1. The smallest absolute Gasteiger partial charge is 0.243 e. The monoisotopic (exact) mass is 299 g/mol. The Balaban J connectivity index is 1.91. The van der Waals surface area contributed by atoms with Gasteiger partial charge in [-0.3, -0.25) is 9.69 Å². The van der Waals surface area contributed by atoms with E-state index >= 15 is 0 Å². The van der Waals surface area contributed by atoms with Crippen molar-refractivity contribution in [2.75, 3.05) is 7.11 Å². The fourth-order valence-electron chi connectivity index (χ4n) is 2.31. The molecular weight excluding hydrogens is 286 g/mol. The van der Waals surface area contributed by atoms with Crippen LogP contribution in [0.3, 0.4) is 0 Å². The highest BCUT2D eigenvalue weighted by atomic mass is 32.1. The summed E-state index contributed by atoms with van der Waals surface area (Å²) < 4.78 is 5.31. The molecule has 0 saturated heterocycles. The molecule has 106 valence electrons. The quantitative estimate of drug-likeness (QED) is 0.802. The zero-order chi connectivity index (χ0) is 14.8. The van der Waals surface area contributed by atoms with Crippen LogP contribution in [0.4, 0.5) is 0 Å². The summed E-state index contributed by atoms with van der Waals surface area (Å²) in [6.07, 6.45) is 5.14. The summed E-state index contributed by atoms with van der Waals surface area (Å²) in [5.41, 5.74) is 0.887. The molecule has 0 spiro atoms. The van der Waals surface area contributed by atoms with Gasteiger partial charge < -0.3 is 4.74 Å². The fourth-order valence-corrected chi connectivity index (χ4v) is 2.56. The number of ether oxygens (including phenoxy) is 1. The van der Waals surface area contributed by atoms with Gasteiger partial charge in [-0.2, -0.15) is 0 Å². The number of allylic oxidation sites excluding steroid dienone is 1. The van der Waals surface area contributed by atoms with E-state index in [2.05, 4.69) is 9.98 Å². The second-order valence-corrected chi connectivity index (χ2v) is 4.99. The maximum absolute atomic E-state index is 12.6. The summed E-state index contributed by atoms with van der Waals surface area (Å²) in [6, 6.07) is 7.54. The molecule has 0 fully saturated rings. The second-order valence-electron chi connectivity index (χ2n) is 4.63. The SMILES string of the molecule is COc1ccccc1CN1C(=O)C2C=CC=NC2=NC1=S. The molecule has 0 aromatic heterocycles. The third-order valence-corrected chi connectivity index (χ3v) is 3.68. The molecule has 2 heterocycles. The van der Waals surface area contributed by atoms with Crippen molar-refractivity contribution in [2.45, 2.75) is 6.54 Å². The van der Waals surface area contributed by atoms with Crippen LogP contribution in [0.15, 0.2) is 46.4 Å². The van der Waals surface area contributed by atoms with Crippen molar-refractivity contribution in [2.24, 2.45) is 15.9 Å². The van der Waals surface area contributed by atoms with Gasteiger partial charge in [-0.1, -0.05) is 24.3 Å². The molecule has 2 aliphatic heterocycles. The third kappa shape index (κ3) is 2.50. The molecule has 6 heteroatoms. The molecule has 1 unspecified atom stereocenters. The van der Waals surface area contributed by atoms with Crippen LogP contribution < -0.4 is 4.74 Å². The van der Waals surface area contributed by atoms with Crippen LogP contribution in [0.2, 0.25) is 0 Å². The van der Waals surface area contributed by atoms with Crippen molar-refractivity contribution in [1.29, 1.82) is 0 Å². The minimum Gasteiger partial charge on any atom is -0.496 e. The van der Waals surface area contributed by atoms with Crippen LogP contribution in [-0.4, -0.2) is 35.1 Å². The van der Waals surface area contributed by atoms with Crippen LogP contribution in [-0.2, 0) is 11.3 Å². The number of carbonyl (C=O) groups is 1. The van der Waals surface area contributed by atoms with Crippen molar-refractivity contribution in [3.63, 3.8) is 0 Å².